The van der Waals surface area contributed by atoms with Crippen LogP contribution in [0.3, 0.4) is 0 Å². The van der Waals surface area contributed by atoms with Crippen LogP contribution >= 0.6 is 0 Å². The molecular weight excluding hydrogens is 208 g/mol. The van der Waals surface area contributed by atoms with E-state index in [2.05, 4.69) is 4.74 Å². The van der Waals surface area contributed by atoms with Gasteiger partial charge < -0.3 is 9.47 Å². The van der Waals surface area contributed by atoms with Crippen LogP contribution in [0, 0.1) is 6.61 Å². The second-order valence-electron chi connectivity index (χ2n) is 3.06. The Hall–Kier alpha value is -1.68. The molecular formula is C12H13O4. The number of rotatable bonds is 5. The third-order valence-corrected chi connectivity index (χ3v) is 1.79. The quantitative estimate of drug-likeness (QED) is 0.558. The van der Waals surface area contributed by atoms with E-state index < -0.39 is 11.9 Å². The lowest BCUT2D eigenvalue weighted by atomic mass is 10.2. The summed E-state index contributed by atoms with van der Waals surface area (Å²) >= 11 is 0. The van der Waals surface area contributed by atoms with Crippen molar-refractivity contribution in [1.82, 2.24) is 0 Å². The maximum Gasteiger partial charge on any atom is 0.339 e. The van der Waals surface area contributed by atoms with Crippen LogP contribution in [0.2, 0.25) is 0 Å². The van der Waals surface area contributed by atoms with Gasteiger partial charge in [-0.1, -0.05) is 30.3 Å². The molecule has 16 heavy (non-hydrogen) atoms. The zero-order chi connectivity index (χ0) is 11.8. The molecule has 0 amide bonds. The molecule has 85 valence electrons. The number of carbonyl (C=O) groups excluding carboxylic acids is 2. The predicted molar refractivity (Wildman–Crippen MR) is 57.2 cm³/mol. The van der Waals surface area contributed by atoms with Crippen molar-refractivity contribution in [1.29, 1.82) is 0 Å². The summed E-state index contributed by atoms with van der Waals surface area (Å²) in [6, 6.07) is 9.08. The number of carbonyl (C=O) groups is 2. The first kappa shape index (κ1) is 12.4. The van der Waals surface area contributed by atoms with E-state index >= 15 is 0 Å². The van der Waals surface area contributed by atoms with E-state index in [-0.39, 0.29) is 13.0 Å². The average molecular weight is 221 g/mol. The predicted octanol–water partition coefficient (Wildman–Crippen LogP) is 1.50. The van der Waals surface area contributed by atoms with Gasteiger partial charge in [-0.05, 0) is 12.5 Å². The number of benzene rings is 1. The van der Waals surface area contributed by atoms with Gasteiger partial charge in [-0.25, -0.2) is 4.79 Å². The molecule has 1 aromatic carbocycles. The van der Waals surface area contributed by atoms with Crippen molar-refractivity contribution in [2.75, 3.05) is 6.61 Å². The fraction of sp³-hybridized carbons (Fsp3) is 0.250. The molecule has 1 rings (SSSR count). The molecule has 0 N–H and O–H groups in total. The van der Waals surface area contributed by atoms with Crippen molar-refractivity contribution in [3.05, 3.63) is 42.5 Å². The van der Waals surface area contributed by atoms with Crippen molar-refractivity contribution in [3.63, 3.8) is 0 Å². The van der Waals surface area contributed by atoms with Gasteiger partial charge in [0.05, 0.1) is 13.0 Å². The highest BCUT2D eigenvalue weighted by molar-refractivity contribution is 5.87. The highest BCUT2D eigenvalue weighted by Gasteiger charge is 2.10. The van der Waals surface area contributed by atoms with Crippen molar-refractivity contribution in [3.8, 4) is 0 Å². The summed E-state index contributed by atoms with van der Waals surface area (Å²) in [5, 5.41) is 0. The Bertz CT molecular complexity index is 345. The largest absolute Gasteiger partial charge is 0.391 e. The van der Waals surface area contributed by atoms with E-state index in [1.165, 1.54) is 6.61 Å². The number of hydrogen-bond donors (Lipinski definition) is 0. The topological polar surface area (TPSA) is 52.6 Å². The van der Waals surface area contributed by atoms with E-state index in [9.17, 15) is 9.59 Å². The standard InChI is InChI=1S/C12H13O4/c1-2-15-9-12(14)16-11(13)8-10-6-4-3-5-7-10/h2-7H,8-9H2,1H3. The van der Waals surface area contributed by atoms with E-state index in [1.807, 2.05) is 18.2 Å². The van der Waals surface area contributed by atoms with Gasteiger partial charge in [0.2, 0.25) is 0 Å². The fourth-order valence-electron chi connectivity index (χ4n) is 1.11. The number of hydrogen-bond acceptors (Lipinski definition) is 4. The van der Waals surface area contributed by atoms with Gasteiger partial charge in [0.25, 0.3) is 0 Å². The van der Waals surface area contributed by atoms with Crippen molar-refractivity contribution < 1.29 is 19.1 Å². The normalized spacial score (nSPS) is 9.81. The summed E-state index contributed by atoms with van der Waals surface area (Å²) in [5.74, 6) is -1.25. The minimum atomic E-state index is -0.681. The Kier molecular flexibility index (Phi) is 5.22. The molecule has 0 aromatic heterocycles. The van der Waals surface area contributed by atoms with Crippen LogP contribution in [-0.4, -0.2) is 18.5 Å². The van der Waals surface area contributed by atoms with Crippen LogP contribution in [0.1, 0.15) is 12.5 Å². The second kappa shape index (κ2) is 6.74. The van der Waals surface area contributed by atoms with E-state index in [1.54, 1.807) is 19.1 Å². The van der Waals surface area contributed by atoms with Crippen molar-refractivity contribution >= 4 is 11.9 Å². The summed E-state index contributed by atoms with van der Waals surface area (Å²) in [4.78, 5) is 22.3. The summed E-state index contributed by atoms with van der Waals surface area (Å²) in [5.41, 5.74) is 0.809. The molecule has 1 radical (unpaired) electrons. The van der Waals surface area contributed by atoms with E-state index in [4.69, 9.17) is 4.74 Å². The Labute approximate surface area is 94.2 Å². The SMILES string of the molecule is C[CH]OCC(=O)OC(=O)Cc1ccccc1. The minimum absolute atomic E-state index is 0.0857. The highest BCUT2D eigenvalue weighted by Crippen LogP contribution is 2.01. The molecule has 0 fully saturated rings. The molecule has 0 aliphatic carbocycles. The third kappa shape index (κ3) is 4.70. The lowest BCUT2D eigenvalue weighted by Crippen LogP contribution is -2.18. The monoisotopic (exact) mass is 221 g/mol. The Balaban J connectivity index is 2.34. The highest BCUT2D eigenvalue weighted by atomic mass is 16.6. The van der Waals surface area contributed by atoms with Gasteiger partial charge in [0, 0.05) is 0 Å². The number of esters is 2. The molecule has 0 aliphatic heterocycles. The average Bonchev–Trinajstić information content (AvgIpc) is 2.27. The van der Waals surface area contributed by atoms with Crippen LogP contribution in [-0.2, 0) is 25.5 Å². The molecule has 4 nitrogen and oxygen atoms in total. The first-order chi connectivity index (χ1) is 7.72. The molecule has 1 aromatic rings. The van der Waals surface area contributed by atoms with Gasteiger partial charge in [0.1, 0.15) is 6.61 Å². The van der Waals surface area contributed by atoms with Gasteiger partial charge in [-0.15, -0.1) is 0 Å². The smallest absolute Gasteiger partial charge is 0.339 e. The van der Waals surface area contributed by atoms with Gasteiger partial charge in [-0.3, -0.25) is 4.79 Å². The molecule has 0 spiro atoms. The maximum atomic E-state index is 11.3. The zero-order valence-electron chi connectivity index (χ0n) is 9.01. The molecule has 0 aliphatic rings. The van der Waals surface area contributed by atoms with Crippen molar-refractivity contribution in [2.24, 2.45) is 0 Å². The van der Waals surface area contributed by atoms with Crippen LogP contribution in [0.15, 0.2) is 30.3 Å². The van der Waals surface area contributed by atoms with E-state index in [0.29, 0.717) is 0 Å². The Morgan fingerprint density at radius 3 is 2.50 bits per heavy atom. The van der Waals surface area contributed by atoms with Gasteiger partial charge in [-0.2, -0.15) is 0 Å². The lowest BCUT2D eigenvalue weighted by Gasteiger charge is -2.02. The summed E-state index contributed by atoms with van der Waals surface area (Å²) < 4.78 is 9.23. The summed E-state index contributed by atoms with van der Waals surface area (Å²) in [6.45, 7) is 2.76. The molecule has 0 heterocycles. The van der Waals surface area contributed by atoms with Crippen LogP contribution in [0.25, 0.3) is 0 Å². The molecule has 0 atom stereocenters. The van der Waals surface area contributed by atoms with Crippen LogP contribution in [0.5, 0.6) is 0 Å². The molecule has 0 saturated carbocycles. The van der Waals surface area contributed by atoms with Gasteiger partial charge in [0.15, 0.2) is 0 Å². The third-order valence-electron chi connectivity index (χ3n) is 1.79. The van der Waals surface area contributed by atoms with Gasteiger partial charge >= 0.3 is 11.9 Å². The molecule has 0 unspecified atom stereocenters. The Morgan fingerprint density at radius 1 is 1.19 bits per heavy atom. The maximum absolute atomic E-state index is 11.3. The first-order valence-corrected chi connectivity index (χ1v) is 4.89. The van der Waals surface area contributed by atoms with Crippen LogP contribution in [0.4, 0.5) is 0 Å². The Morgan fingerprint density at radius 2 is 1.88 bits per heavy atom. The van der Waals surface area contributed by atoms with Crippen LogP contribution < -0.4 is 0 Å². The molecule has 0 bridgehead atoms. The first-order valence-electron chi connectivity index (χ1n) is 4.89. The zero-order valence-corrected chi connectivity index (χ0v) is 9.01. The molecule has 0 saturated heterocycles. The molecule has 4 heteroatoms. The minimum Gasteiger partial charge on any atom is -0.391 e. The lowest BCUT2D eigenvalue weighted by molar-refractivity contribution is -0.161. The van der Waals surface area contributed by atoms with Crippen molar-refractivity contribution in [2.45, 2.75) is 13.3 Å². The summed E-state index contributed by atoms with van der Waals surface area (Å²) in [7, 11) is 0. The number of ether oxygens (including phenoxy) is 2. The fourth-order valence-corrected chi connectivity index (χ4v) is 1.11. The summed E-state index contributed by atoms with van der Waals surface area (Å²) in [6.07, 6.45) is 0.0857. The second-order valence-corrected chi connectivity index (χ2v) is 3.06. The van der Waals surface area contributed by atoms with E-state index in [0.717, 1.165) is 5.56 Å².